The molecule has 0 aliphatic heterocycles. The van der Waals surface area contributed by atoms with Gasteiger partial charge in [-0.2, -0.15) is 0 Å². The zero-order valence-electron chi connectivity index (χ0n) is 18.7. The normalized spacial score (nSPS) is 13.4. The molecular formula is C22H44N2O4. The lowest BCUT2D eigenvalue weighted by Gasteiger charge is -2.19. The highest BCUT2D eigenvalue weighted by Gasteiger charge is 2.18. The van der Waals surface area contributed by atoms with Crippen LogP contribution in [0.3, 0.4) is 0 Å². The van der Waals surface area contributed by atoms with Crippen molar-refractivity contribution in [1.82, 2.24) is 5.32 Å². The average molecular weight is 401 g/mol. The summed E-state index contributed by atoms with van der Waals surface area (Å²) in [6.45, 7) is 10.1. The molecule has 0 bridgehead atoms. The van der Waals surface area contributed by atoms with Crippen LogP contribution in [0.4, 0.5) is 0 Å². The van der Waals surface area contributed by atoms with Gasteiger partial charge in [0.05, 0.1) is 0 Å². The number of amides is 2. The Bertz CT molecular complexity index is 394. The third-order valence-corrected chi connectivity index (χ3v) is 4.37. The maximum absolute atomic E-state index is 11.2. The molecule has 3 N–H and O–H groups in total. The molecule has 2 amide bonds. The number of hydrogen-bond acceptors (Lipinski definition) is 4. The minimum absolute atomic E-state index is 0.0308. The predicted molar refractivity (Wildman–Crippen MR) is 115 cm³/mol. The Morgan fingerprint density at radius 2 is 1.61 bits per heavy atom. The van der Waals surface area contributed by atoms with Gasteiger partial charge in [0.2, 0.25) is 11.8 Å². The summed E-state index contributed by atoms with van der Waals surface area (Å²) in [7, 11) is 0. The fourth-order valence-corrected chi connectivity index (χ4v) is 2.87. The summed E-state index contributed by atoms with van der Waals surface area (Å²) >= 11 is 0. The van der Waals surface area contributed by atoms with E-state index in [1.807, 2.05) is 20.8 Å². The third-order valence-electron chi connectivity index (χ3n) is 4.37. The van der Waals surface area contributed by atoms with E-state index >= 15 is 0 Å². The van der Waals surface area contributed by atoms with Crippen LogP contribution in [0.1, 0.15) is 98.3 Å². The molecule has 1 aliphatic carbocycles. The first-order valence-electron chi connectivity index (χ1n) is 11.2. The summed E-state index contributed by atoms with van der Waals surface area (Å²) in [4.78, 5) is 32.8. The summed E-state index contributed by atoms with van der Waals surface area (Å²) < 4.78 is 5.26. The number of Topliss-reactive ketones (excluding diaryl/α,β-unsaturated/α-hetero) is 1. The molecule has 166 valence electrons. The van der Waals surface area contributed by atoms with Crippen molar-refractivity contribution < 1.29 is 19.1 Å². The lowest BCUT2D eigenvalue weighted by molar-refractivity contribution is -0.123. The van der Waals surface area contributed by atoms with Crippen LogP contribution in [-0.4, -0.2) is 37.4 Å². The first-order chi connectivity index (χ1) is 13.5. The van der Waals surface area contributed by atoms with Gasteiger partial charge in [0.15, 0.2) is 0 Å². The van der Waals surface area contributed by atoms with E-state index in [4.69, 9.17) is 10.5 Å². The van der Waals surface area contributed by atoms with Gasteiger partial charge in [0, 0.05) is 44.9 Å². The number of carbonyl (C=O) groups excluding carboxylic acids is 3. The maximum atomic E-state index is 11.2. The molecule has 6 nitrogen and oxygen atoms in total. The molecule has 0 spiro atoms. The minimum atomic E-state index is -0.360. The van der Waals surface area contributed by atoms with E-state index in [9.17, 15) is 14.4 Å². The Morgan fingerprint density at radius 1 is 0.964 bits per heavy atom. The van der Waals surface area contributed by atoms with Crippen LogP contribution >= 0.6 is 0 Å². The topological polar surface area (TPSA) is 98.5 Å². The van der Waals surface area contributed by atoms with Gasteiger partial charge >= 0.3 is 0 Å². The standard InChI is InChI=1S/C11H22N2O3.C9H16O.C2H6/c1-2-8-16-9-4-7-13-11(15)6-3-5-10(12)14;1-2-9(10)8-6-4-3-5-7-8;1-2/h2-9H2,1H3,(H2,12,14)(H,13,15);8H,2-7H2,1H3;1-2H3. The molecule has 1 fully saturated rings. The Kier molecular flexibility index (Phi) is 22.5. The van der Waals surface area contributed by atoms with E-state index < -0.39 is 0 Å². The molecule has 0 aromatic rings. The van der Waals surface area contributed by atoms with Gasteiger partial charge in [-0.25, -0.2) is 0 Å². The van der Waals surface area contributed by atoms with Crippen molar-refractivity contribution in [3.63, 3.8) is 0 Å². The van der Waals surface area contributed by atoms with E-state index in [2.05, 4.69) is 12.2 Å². The molecule has 6 heteroatoms. The van der Waals surface area contributed by atoms with Crippen LogP contribution in [0.15, 0.2) is 0 Å². The molecule has 0 aromatic carbocycles. The van der Waals surface area contributed by atoms with Gasteiger partial charge in [-0.15, -0.1) is 0 Å². The number of primary amides is 1. The second-order valence-electron chi connectivity index (χ2n) is 6.79. The van der Waals surface area contributed by atoms with E-state index in [1.165, 1.54) is 19.3 Å². The Morgan fingerprint density at radius 3 is 2.14 bits per heavy atom. The SMILES string of the molecule is CC.CCC(=O)C1CCCCC1.CCCOCCCNC(=O)CCCC(N)=O. The molecule has 0 saturated heterocycles. The highest BCUT2D eigenvalue weighted by Crippen LogP contribution is 2.24. The number of rotatable bonds is 12. The van der Waals surface area contributed by atoms with E-state index in [0.717, 1.165) is 38.7 Å². The van der Waals surface area contributed by atoms with Crippen LogP contribution < -0.4 is 11.1 Å². The fourth-order valence-electron chi connectivity index (χ4n) is 2.87. The molecule has 0 atom stereocenters. The average Bonchev–Trinajstić information content (AvgIpc) is 2.72. The van der Waals surface area contributed by atoms with Crippen molar-refractivity contribution >= 4 is 17.6 Å². The molecule has 1 saturated carbocycles. The molecule has 0 radical (unpaired) electrons. The summed E-state index contributed by atoms with van der Waals surface area (Å²) in [5, 5.41) is 2.76. The minimum Gasteiger partial charge on any atom is -0.381 e. The number of ether oxygens (including phenoxy) is 1. The molecule has 1 aliphatic rings. The summed E-state index contributed by atoms with van der Waals surface area (Å²) in [6, 6.07) is 0. The predicted octanol–water partition coefficient (Wildman–Crippen LogP) is 4.15. The molecule has 1 rings (SSSR count). The number of carbonyl (C=O) groups is 3. The number of nitrogens with two attached hydrogens (primary N) is 1. The zero-order valence-corrected chi connectivity index (χ0v) is 18.7. The van der Waals surface area contributed by atoms with Crippen molar-refractivity contribution in [2.45, 2.75) is 98.3 Å². The number of ketones is 1. The van der Waals surface area contributed by atoms with E-state index in [1.54, 1.807) is 0 Å². The van der Waals surface area contributed by atoms with E-state index in [-0.39, 0.29) is 18.2 Å². The van der Waals surface area contributed by atoms with Gasteiger partial charge in [0.25, 0.3) is 0 Å². The fraction of sp³-hybridized carbons (Fsp3) is 0.864. The van der Waals surface area contributed by atoms with Gasteiger partial charge in [0.1, 0.15) is 5.78 Å². The number of nitrogens with one attached hydrogen (secondary N) is 1. The first-order valence-corrected chi connectivity index (χ1v) is 11.2. The summed E-state index contributed by atoms with van der Waals surface area (Å²) in [6.07, 6.45) is 9.94. The van der Waals surface area contributed by atoms with Gasteiger partial charge in [-0.3, -0.25) is 14.4 Å². The van der Waals surface area contributed by atoms with Crippen LogP contribution in [-0.2, 0) is 19.1 Å². The molecule has 0 unspecified atom stereocenters. The molecular weight excluding hydrogens is 356 g/mol. The highest BCUT2D eigenvalue weighted by atomic mass is 16.5. The van der Waals surface area contributed by atoms with Gasteiger partial charge < -0.3 is 15.8 Å². The largest absolute Gasteiger partial charge is 0.381 e. The van der Waals surface area contributed by atoms with Crippen molar-refractivity contribution in [2.24, 2.45) is 11.7 Å². The lowest BCUT2D eigenvalue weighted by Crippen LogP contribution is -2.25. The van der Waals surface area contributed by atoms with Crippen molar-refractivity contribution in [3.05, 3.63) is 0 Å². The number of hydrogen-bond donors (Lipinski definition) is 2. The van der Waals surface area contributed by atoms with Crippen molar-refractivity contribution in [1.29, 1.82) is 0 Å². The molecule has 0 heterocycles. The molecule has 0 aromatic heterocycles. The quantitative estimate of drug-likeness (QED) is 0.481. The Hall–Kier alpha value is -1.43. The molecule has 28 heavy (non-hydrogen) atoms. The Labute approximate surface area is 172 Å². The van der Waals surface area contributed by atoms with Crippen LogP contribution in [0.25, 0.3) is 0 Å². The van der Waals surface area contributed by atoms with Crippen molar-refractivity contribution in [2.75, 3.05) is 19.8 Å². The zero-order chi connectivity index (χ0) is 21.6. The second kappa shape index (κ2) is 21.9. The monoisotopic (exact) mass is 400 g/mol. The third kappa shape index (κ3) is 19.3. The van der Waals surface area contributed by atoms with Crippen LogP contribution in [0.5, 0.6) is 0 Å². The lowest BCUT2D eigenvalue weighted by atomic mass is 9.85. The Balaban J connectivity index is 0. The van der Waals surface area contributed by atoms with Crippen molar-refractivity contribution in [3.8, 4) is 0 Å². The second-order valence-corrected chi connectivity index (χ2v) is 6.79. The van der Waals surface area contributed by atoms with E-state index in [0.29, 0.717) is 37.7 Å². The maximum Gasteiger partial charge on any atom is 0.220 e. The summed E-state index contributed by atoms with van der Waals surface area (Å²) in [5.74, 6) is 0.524. The van der Waals surface area contributed by atoms with Crippen LogP contribution in [0.2, 0.25) is 0 Å². The van der Waals surface area contributed by atoms with Crippen LogP contribution in [0, 0.1) is 5.92 Å². The smallest absolute Gasteiger partial charge is 0.220 e. The van der Waals surface area contributed by atoms with Gasteiger partial charge in [-0.05, 0) is 32.1 Å². The first kappa shape index (κ1) is 28.8. The summed E-state index contributed by atoms with van der Waals surface area (Å²) in [5.41, 5.74) is 4.96. The highest BCUT2D eigenvalue weighted by molar-refractivity contribution is 5.80. The van der Waals surface area contributed by atoms with Gasteiger partial charge in [-0.1, -0.05) is 47.0 Å².